The minimum atomic E-state index is -0.0582. The molecule has 1 saturated heterocycles. The van der Waals surface area contributed by atoms with Crippen molar-refractivity contribution in [3.63, 3.8) is 0 Å². The quantitative estimate of drug-likeness (QED) is 0.590. The van der Waals surface area contributed by atoms with Gasteiger partial charge in [-0.25, -0.2) is 9.48 Å². The Bertz CT molecular complexity index is 1120. The number of carbonyl (C=O) groups is 2. The fraction of sp³-hybridized carbons (Fsp3) is 0.480. The van der Waals surface area contributed by atoms with E-state index in [4.69, 9.17) is 0 Å². The second-order valence-electron chi connectivity index (χ2n) is 9.18. The van der Waals surface area contributed by atoms with E-state index in [9.17, 15) is 9.59 Å². The highest BCUT2D eigenvalue weighted by molar-refractivity contribution is 7.20. The maximum atomic E-state index is 13.2. The molecule has 8 heteroatoms. The average Bonchev–Trinajstić information content (AvgIpc) is 3.41. The molecule has 174 valence electrons. The lowest BCUT2D eigenvalue weighted by atomic mass is 9.96. The van der Waals surface area contributed by atoms with E-state index in [1.54, 1.807) is 0 Å². The third kappa shape index (κ3) is 4.76. The fourth-order valence-corrected chi connectivity index (χ4v) is 6.09. The molecule has 33 heavy (non-hydrogen) atoms. The smallest absolute Gasteiger partial charge is 0.315 e. The van der Waals surface area contributed by atoms with Gasteiger partial charge in [0.1, 0.15) is 4.83 Å². The first-order valence-corrected chi connectivity index (χ1v) is 12.8. The second kappa shape index (κ2) is 9.55. The first-order chi connectivity index (χ1) is 16.1. The number of hydrogen-bond acceptors (Lipinski definition) is 4. The highest BCUT2D eigenvalue weighted by Crippen LogP contribution is 2.31. The molecule has 3 heterocycles. The minimum absolute atomic E-state index is 0.0582. The van der Waals surface area contributed by atoms with E-state index >= 15 is 0 Å². The SMILES string of the molecule is Cc1nn(-c2ccccc2)c2sc(C(=O)N3CCC(NC(=O)NC4CCCCC4)CC3)cc12. The van der Waals surface area contributed by atoms with Gasteiger partial charge in [-0.15, -0.1) is 11.3 Å². The van der Waals surface area contributed by atoms with Gasteiger partial charge in [0.05, 0.1) is 16.3 Å². The number of nitrogens with zero attached hydrogens (tertiary/aromatic N) is 3. The highest BCUT2D eigenvalue weighted by Gasteiger charge is 2.27. The number of rotatable bonds is 4. The lowest BCUT2D eigenvalue weighted by Crippen LogP contribution is -2.51. The standard InChI is InChI=1S/C25H31N5O2S/c1-17-21-16-22(33-24(21)30(28-17)20-10-6-3-7-11-20)23(31)29-14-12-19(13-15-29)27-25(32)26-18-8-4-2-5-9-18/h3,6-7,10-11,16,18-19H,2,4-5,8-9,12-15H2,1H3,(H2,26,27,32). The number of aromatic nitrogens is 2. The summed E-state index contributed by atoms with van der Waals surface area (Å²) in [6.07, 6.45) is 7.40. The van der Waals surface area contributed by atoms with Crippen LogP contribution in [0.1, 0.15) is 60.3 Å². The van der Waals surface area contributed by atoms with E-state index in [1.165, 1.54) is 30.6 Å². The molecule has 0 unspecified atom stereocenters. The number of amides is 3. The minimum Gasteiger partial charge on any atom is -0.338 e. The van der Waals surface area contributed by atoms with Gasteiger partial charge in [-0.1, -0.05) is 37.5 Å². The van der Waals surface area contributed by atoms with Gasteiger partial charge in [-0.2, -0.15) is 5.10 Å². The van der Waals surface area contributed by atoms with E-state index in [-0.39, 0.29) is 18.0 Å². The first kappa shape index (κ1) is 21.9. The van der Waals surface area contributed by atoms with Crippen LogP contribution in [0.3, 0.4) is 0 Å². The van der Waals surface area contributed by atoms with Crippen molar-refractivity contribution < 1.29 is 9.59 Å². The molecule has 3 amide bonds. The average molecular weight is 466 g/mol. The van der Waals surface area contributed by atoms with Gasteiger partial charge in [-0.3, -0.25) is 4.79 Å². The zero-order valence-corrected chi connectivity index (χ0v) is 19.9. The molecule has 1 aliphatic carbocycles. The van der Waals surface area contributed by atoms with Gasteiger partial charge < -0.3 is 15.5 Å². The monoisotopic (exact) mass is 465 g/mol. The molecule has 5 rings (SSSR count). The maximum absolute atomic E-state index is 13.2. The van der Waals surface area contributed by atoms with E-state index < -0.39 is 0 Å². The predicted octanol–water partition coefficient (Wildman–Crippen LogP) is 4.63. The number of para-hydroxylation sites is 1. The van der Waals surface area contributed by atoms with Gasteiger partial charge in [0.2, 0.25) is 0 Å². The number of thiophene rings is 1. The zero-order valence-electron chi connectivity index (χ0n) is 19.0. The number of fused-ring (bicyclic) bond motifs is 1. The number of likely N-dealkylation sites (tertiary alicyclic amines) is 1. The summed E-state index contributed by atoms with van der Waals surface area (Å²) in [6, 6.07) is 12.4. The molecule has 2 aliphatic rings. The van der Waals surface area contributed by atoms with Crippen LogP contribution in [0.2, 0.25) is 0 Å². The summed E-state index contributed by atoms with van der Waals surface area (Å²) in [5.41, 5.74) is 1.92. The van der Waals surface area contributed by atoms with Crippen LogP contribution in [-0.2, 0) is 0 Å². The molecule has 2 fully saturated rings. The number of nitrogens with one attached hydrogen (secondary N) is 2. The Morgan fingerprint density at radius 1 is 0.970 bits per heavy atom. The Kier molecular flexibility index (Phi) is 6.35. The molecular formula is C25H31N5O2S. The van der Waals surface area contributed by atoms with Crippen molar-refractivity contribution in [2.75, 3.05) is 13.1 Å². The van der Waals surface area contributed by atoms with Crippen LogP contribution in [0, 0.1) is 6.92 Å². The number of hydrogen-bond donors (Lipinski definition) is 2. The van der Waals surface area contributed by atoms with Gasteiger partial charge in [0, 0.05) is 30.6 Å². The molecule has 3 aromatic rings. The first-order valence-electron chi connectivity index (χ1n) is 12.0. The van der Waals surface area contributed by atoms with Crippen LogP contribution in [0.5, 0.6) is 0 Å². The van der Waals surface area contributed by atoms with Crippen molar-refractivity contribution in [3.8, 4) is 5.69 Å². The van der Waals surface area contributed by atoms with Crippen molar-refractivity contribution in [2.45, 2.75) is 64.0 Å². The van der Waals surface area contributed by atoms with Gasteiger partial charge in [0.15, 0.2) is 0 Å². The van der Waals surface area contributed by atoms with Crippen LogP contribution in [-0.4, -0.2) is 51.8 Å². The lowest BCUT2D eigenvalue weighted by molar-refractivity contribution is 0.0713. The van der Waals surface area contributed by atoms with Gasteiger partial charge >= 0.3 is 6.03 Å². The predicted molar refractivity (Wildman–Crippen MR) is 131 cm³/mol. The Morgan fingerprint density at radius 3 is 2.33 bits per heavy atom. The number of piperidine rings is 1. The third-order valence-corrected chi connectivity index (χ3v) is 7.91. The van der Waals surface area contributed by atoms with Crippen LogP contribution in [0.15, 0.2) is 36.4 Å². The number of aryl methyl sites for hydroxylation is 1. The highest BCUT2D eigenvalue weighted by atomic mass is 32.1. The van der Waals surface area contributed by atoms with Crippen LogP contribution in [0.4, 0.5) is 4.79 Å². The molecule has 0 bridgehead atoms. The third-order valence-electron chi connectivity index (χ3n) is 6.81. The topological polar surface area (TPSA) is 79.3 Å². The van der Waals surface area contributed by atoms with E-state index in [1.807, 2.05) is 52.9 Å². The van der Waals surface area contributed by atoms with Crippen molar-refractivity contribution in [1.29, 1.82) is 0 Å². The lowest BCUT2D eigenvalue weighted by Gasteiger charge is -2.32. The maximum Gasteiger partial charge on any atom is 0.315 e. The second-order valence-corrected chi connectivity index (χ2v) is 10.2. The molecule has 2 aromatic heterocycles. The molecule has 0 atom stereocenters. The summed E-state index contributed by atoms with van der Waals surface area (Å²) in [5.74, 6) is 0.0697. The van der Waals surface area contributed by atoms with Gasteiger partial charge in [0.25, 0.3) is 5.91 Å². The largest absolute Gasteiger partial charge is 0.338 e. The summed E-state index contributed by atoms with van der Waals surface area (Å²) in [5, 5.41) is 11.9. The fourth-order valence-electron chi connectivity index (χ4n) is 4.94. The Balaban J connectivity index is 1.20. The van der Waals surface area contributed by atoms with E-state index in [0.717, 1.165) is 52.2 Å². The Labute approximate surface area is 198 Å². The molecule has 1 aromatic carbocycles. The van der Waals surface area contributed by atoms with Crippen molar-refractivity contribution in [2.24, 2.45) is 0 Å². The number of benzene rings is 1. The van der Waals surface area contributed by atoms with Crippen molar-refractivity contribution in [3.05, 3.63) is 47.0 Å². The number of urea groups is 1. The summed E-state index contributed by atoms with van der Waals surface area (Å²) in [6.45, 7) is 3.30. The van der Waals surface area contributed by atoms with E-state index in [0.29, 0.717) is 19.1 Å². The molecule has 7 nitrogen and oxygen atoms in total. The molecular weight excluding hydrogens is 434 g/mol. The van der Waals surface area contributed by atoms with Crippen molar-refractivity contribution >= 4 is 33.5 Å². The molecule has 0 radical (unpaired) electrons. The van der Waals surface area contributed by atoms with E-state index in [2.05, 4.69) is 15.7 Å². The number of carbonyl (C=O) groups excluding carboxylic acids is 2. The Morgan fingerprint density at radius 2 is 1.64 bits per heavy atom. The normalized spacial score (nSPS) is 17.9. The summed E-state index contributed by atoms with van der Waals surface area (Å²) < 4.78 is 1.92. The van der Waals surface area contributed by atoms with Crippen LogP contribution < -0.4 is 10.6 Å². The van der Waals surface area contributed by atoms with Crippen LogP contribution >= 0.6 is 11.3 Å². The Hall–Kier alpha value is -2.87. The van der Waals surface area contributed by atoms with Crippen molar-refractivity contribution in [1.82, 2.24) is 25.3 Å². The zero-order chi connectivity index (χ0) is 22.8. The summed E-state index contributed by atoms with van der Waals surface area (Å²) in [4.78, 5) is 29.2. The molecule has 1 saturated carbocycles. The molecule has 2 N–H and O–H groups in total. The molecule has 1 aliphatic heterocycles. The summed E-state index contributed by atoms with van der Waals surface area (Å²) >= 11 is 1.50. The van der Waals surface area contributed by atoms with Crippen LogP contribution in [0.25, 0.3) is 15.9 Å². The summed E-state index contributed by atoms with van der Waals surface area (Å²) in [7, 11) is 0. The van der Waals surface area contributed by atoms with Gasteiger partial charge in [-0.05, 0) is 50.8 Å². The molecule has 0 spiro atoms.